The van der Waals surface area contributed by atoms with Crippen molar-refractivity contribution in [2.45, 2.75) is 0 Å². The van der Waals surface area contributed by atoms with E-state index < -0.39 is 22.3 Å². The quantitative estimate of drug-likeness (QED) is 0.0767. The van der Waals surface area contributed by atoms with Gasteiger partial charge in [-0.25, -0.2) is 4.39 Å². The summed E-state index contributed by atoms with van der Waals surface area (Å²) in [6.07, 6.45) is 5.77. The van der Waals surface area contributed by atoms with Gasteiger partial charge in [-0.3, -0.25) is 19.7 Å². The summed E-state index contributed by atoms with van der Waals surface area (Å²) in [5.74, 6) is 1.04. The van der Waals surface area contributed by atoms with E-state index in [0.717, 1.165) is 5.56 Å². The number of nitrogens with zero attached hydrogens (tertiary/aromatic N) is 1. The monoisotopic (exact) mass is 599 g/mol. The molecule has 0 aliphatic rings. The number of para-hydroxylation sites is 1. The predicted octanol–water partition coefficient (Wildman–Crippen LogP) is 7.25. The van der Waals surface area contributed by atoms with Crippen LogP contribution in [0.3, 0.4) is 0 Å². The lowest BCUT2D eigenvalue weighted by atomic mass is 10.1. The number of hydrogen-bond donors (Lipinski definition) is 0. The summed E-state index contributed by atoms with van der Waals surface area (Å²) in [6.45, 7) is 0. The van der Waals surface area contributed by atoms with Crippen molar-refractivity contribution in [3.05, 3.63) is 135 Å². The van der Waals surface area contributed by atoms with Crippen LogP contribution in [0.25, 0.3) is 12.2 Å². The summed E-state index contributed by atoms with van der Waals surface area (Å²) < 4.78 is 34.1. The van der Waals surface area contributed by atoms with E-state index in [-0.39, 0.29) is 16.8 Å². The molecule has 0 unspecified atom stereocenters. The fourth-order valence-electron chi connectivity index (χ4n) is 3.88. The van der Waals surface area contributed by atoms with Gasteiger partial charge in [0.25, 0.3) is 5.69 Å². The SMILES string of the molecule is COc1cc(C=CC(=O)c2ccccc2F)cc(OC)c1.COc1cc(C=CC(=O)c2ccccc2[N+](=O)[O-])cc(OC)c1. The maximum Gasteiger partial charge on any atom is 0.280 e. The van der Waals surface area contributed by atoms with Crippen molar-refractivity contribution in [3.8, 4) is 23.0 Å². The molecule has 0 atom stereocenters. The van der Waals surface area contributed by atoms with Gasteiger partial charge in [-0.05, 0) is 65.7 Å². The van der Waals surface area contributed by atoms with Crippen molar-refractivity contribution in [1.29, 1.82) is 0 Å². The second-order valence-corrected chi connectivity index (χ2v) is 8.94. The third-order valence-corrected chi connectivity index (χ3v) is 6.11. The van der Waals surface area contributed by atoms with Gasteiger partial charge in [-0.1, -0.05) is 36.4 Å². The summed E-state index contributed by atoms with van der Waals surface area (Å²) >= 11 is 0. The molecule has 0 fully saturated rings. The summed E-state index contributed by atoms with van der Waals surface area (Å²) in [6, 6.07) is 22.1. The summed E-state index contributed by atoms with van der Waals surface area (Å²) in [7, 11) is 6.15. The molecule has 4 rings (SSSR count). The normalized spacial score (nSPS) is 10.6. The first-order valence-electron chi connectivity index (χ1n) is 13.1. The third kappa shape index (κ3) is 9.12. The van der Waals surface area contributed by atoms with Crippen molar-refractivity contribution in [1.82, 2.24) is 0 Å². The number of carbonyl (C=O) groups excluding carboxylic acids is 2. The fourth-order valence-corrected chi connectivity index (χ4v) is 3.88. The number of ketones is 2. The number of nitro groups is 1. The first-order chi connectivity index (χ1) is 21.2. The van der Waals surface area contributed by atoms with E-state index in [0.29, 0.717) is 28.6 Å². The van der Waals surface area contributed by atoms with E-state index in [9.17, 15) is 24.1 Å². The number of methoxy groups -OCH3 is 4. The van der Waals surface area contributed by atoms with Crippen LogP contribution in [0.2, 0.25) is 0 Å². The molecular weight excluding hydrogens is 569 g/mol. The molecule has 0 aliphatic heterocycles. The van der Waals surface area contributed by atoms with Gasteiger partial charge in [0.05, 0.1) is 44.5 Å². The Hall–Kier alpha value is -5.77. The number of hydrogen-bond acceptors (Lipinski definition) is 8. The Morgan fingerprint density at radius 2 is 1.02 bits per heavy atom. The fraction of sp³-hybridized carbons (Fsp3) is 0.118. The second-order valence-electron chi connectivity index (χ2n) is 8.94. The molecule has 0 N–H and O–H groups in total. The number of rotatable bonds is 11. The molecule has 10 heteroatoms. The number of ether oxygens (including phenoxy) is 4. The minimum Gasteiger partial charge on any atom is -0.497 e. The minimum atomic E-state index is -0.574. The molecule has 4 aromatic rings. The zero-order valence-corrected chi connectivity index (χ0v) is 24.5. The predicted molar refractivity (Wildman–Crippen MR) is 165 cm³/mol. The van der Waals surface area contributed by atoms with E-state index in [1.54, 1.807) is 81.0 Å². The molecule has 0 saturated heterocycles. The summed E-state index contributed by atoms with van der Waals surface area (Å²) in [5, 5.41) is 11.0. The van der Waals surface area contributed by atoms with Gasteiger partial charge >= 0.3 is 0 Å². The van der Waals surface area contributed by atoms with E-state index >= 15 is 0 Å². The molecule has 0 bridgehead atoms. The molecule has 0 aromatic heterocycles. The number of allylic oxidation sites excluding steroid dienone is 2. The van der Waals surface area contributed by atoms with Crippen molar-refractivity contribution >= 4 is 29.4 Å². The molecule has 0 heterocycles. The molecule has 0 radical (unpaired) electrons. The maximum atomic E-state index is 13.5. The van der Waals surface area contributed by atoms with Crippen molar-refractivity contribution in [3.63, 3.8) is 0 Å². The highest BCUT2D eigenvalue weighted by molar-refractivity contribution is 6.09. The third-order valence-electron chi connectivity index (χ3n) is 6.11. The van der Waals surface area contributed by atoms with Gasteiger partial charge in [0.15, 0.2) is 11.6 Å². The zero-order valence-electron chi connectivity index (χ0n) is 24.5. The minimum absolute atomic E-state index is 0.0450. The highest BCUT2D eigenvalue weighted by Crippen LogP contribution is 2.25. The van der Waals surface area contributed by atoms with E-state index in [1.807, 2.05) is 0 Å². The van der Waals surface area contributed by atoms with Gasteiger partial charge in [0.1, 0.15) is 28.8 Å². The standard InChI is InChI=1S/C17H15FO3.C17H15NO5/c1-20-13-9-12(10-14(11-13)21-2)7-8-17(19)15-5-3-4-6-16(15)18;1-22-13-9-12(10-14(11-13)23-2)7-8-17(19)15-5-3-4-6-16(15)18(20)21/h3-11H,1-2H3;3-11H,1-2H3. The van der Waals surface area contributed by atoms with Gasteiger partial charge in [0.2, 0.25) is 0 Å². The molecule has 0 amide bonds. The van der Waals surface area contributed by atoms with Crippen molar-refractivity contribution < 1.29 is 37.9 Å². The van der Waals surface area contributed by atoms with E-state index in [4.69, 9.17) is 18.9 Å². The second kappa shape index (κ2) is 16.0. The largest absolute Gasteiger partial charge is 0.497 e. The van der Waals surface area contributed by atoms with Crippen LogP contribution in [-0.4, -0.2) is 44.9 Å². The Balaban J connectivity index is 0.000000241. The average molecular weight is 600 g/mol. The van der Waals surface area contributed by atoms with E-state index in [2.05, 4.69) is 0 Å². The number of nitro benzene ring substituents is 1. The number of benzene rings is 4. The van der Waals surface area contributed by atoms with Crippen LogP contribution in [-0.2, 0) is 0 Å². The van der Waals surface area contributed by atoms with Crippen molar-refractivity contribution in [2.24, 2.45) is 0 Å². The topological polar surface area (TPSA) is 114 Å². The molecule has 9 nitrogen and oxygen atoms in total. The van der Waals surface area contributed by atoms with Crippen LogP contribution in [0.15, 0.2) is 97.1 Å². The Bertz CT molecular complexity index is 1650. The Morgan fingerprint density at radius 3 is 1.43 bits per heavy atom. The maximum absolute atomic E-state index is 13.5. The van der Waals surface area contributed by atoms with Gasteiger partial charge in [-0.15, -0.1) is 0 Å². The first kappa shape index (κ1) is 32.7. The van der Waals surface area contributed by atoms with Gasteiger partial charge in [-0.2, -0.15) is 0 Å². The number of halogens is 1. The van der Waals surface area contributed by atoms with Gasteiger partial charge < -0.3 is 18.9 Å². The van der Waals surface area contributed by atoms with Crippen LogP contribution in [0.4, 0.5) is 10.1 Å². The summed E-state index contributed by atoms with van der Waals surface area (Å²) in [4.78, 5) is 34.5. The Morgan fingerprint density at radius 1 is 0.636 bits per heavy atom. The Kier molecular flexibility index (Phi) is 11.9. The highest BCUT2D eigenvalue weighted by Gasteiger charge is 2.17. The lowest BCUT2D eigenvalue weighted by Gasteiger charge is -2.05. The van der Waals surface area contributed by atoms with Crippen LogP contribution >= 0.6 is 0 Å². The molecule has 0 aliphatic carbocycles. The van der Waals surface area contributed by atoms with Crippen LogP contribution in [0.5, 0.6) is 23.0 Å². The molecule has 44 heavy (non-hydrogen) atoms. The summed E-state index contributed by atoms with van der Waals surface area (Å²) in [5.41, 5.74) is 1.29. The highest BCUT2D eigenvalue weighted by atomic mass is 19.1. The first-order valence-corrected chi connectivity index (χ1v) is 13.1. The van der Waals surface area contributed by atoms with Crippen molar-refractivity contribution in [2.75, 3.05) is 28.4 Å². The van der Waals surface area contributed by atoms with Crippen LogP contribution in [0, 0.1) is 15.9 Å². The lowest BCUT2D eigenvalue weighted by molar-refractivity contribution is -0.385. The zero-order chi connectivity index (χ0) is 32.1. The molecule has 0 saturated carbocycles. The molecule has 226 valence electrons. The number of carbonyl (C=O) groups is 2. The van der Waals surface area contributed by atoms with E-state index in [1.165, 1.54) is 56.7 Å². The molecular formula is C34H30FNO8. The van der Waals surface area contributed by atoms with Gasteiger partial charge in [0, 0.05) is 18.2 Å². The lowest BCUT2D eigenvalue weighted by Crippen LogP contribution is -2.00. The average Bonchev–Trinajstić information content (AvgIpc) is 3.06. The smallest absolute Gasteiger partial charge is 0.280 e. The molecule has 4 aromatic carbocycles. The van der Waals surface area contributed by atoms with Crippen LogP contribution in [0.1, 0.15) is 31.8 Å². The Labute approximate surface area is 253 Å². The van der Waals surface area contributed by atoms with Crippen LogP contribution < -0.4 is 18.9 Å². The molecule has 0 spiro atoms.